The normalized spacial score (nSPS) is 19.4. The lowest BCUT2D eigenvalue weighted by molar-refractivity contribution is -0.133. The third-order valence-corrected chi connectivity index (χ3v) is 6.48. The smallest absolute Gasteiger partial charge is 0.223 e. The maximum absolute atomic E-state index is 13.2. The third-order valence-electron chi connectivity index (χ3n) is 6.48. The fourth-order valence-corrected chi connectivity index (χ4v) is 4.68. The Hall–Kier alpha value is -2.37. The zero-order valence-electron chi connectivity index (χ0n) is 17.8. The maximum Gasteiger partial charge on any atom is 0.223 e. The number of nitrogens with zero attached hydrogens (tertiary/aromatic N) is 2. The summed E-state index contributed by atoms with van der Waals surface area (Å²) >= 11 is 0. The number of hydrogen-bond acceptors (Lipinski definition) is 4. The number of piperidine rings is 1. The molecule has 2 aromatic rings. The van der Waals surface area contributed by atoms with Crippen molar-refractivity contribution in [3.05, 3.63) is 65.7 Å². The van der Waals surface area contributed by atoms with Crippen molar-refractivity contribution in [3.8, 4) is 5.75 Å². The lowest BCUT2D eigenvalue weighted by atomic mass is 9.87. The van der Waals surface area contributed by atoms with Crippen LogP contribution in [0.2, 0.25) is 0 Å². The molecule has 160 valence electrons. The molecule has 1 atom stereocenters. The molecule has 2 aromatic carbocycles. The summed E-state index contributed by atoms with van der Waals surface area (Å²) in [7, 11) is 1.67. The van der Waals surface area contributed by atoms with Gasteiger partial charge in [-0.2, -0.15) is 0 Å². The lowest BCUT2D eigenvalue weighted by Crippen LogP contribution is -2.50. The molecule has 2 aliphatic rings. The monoisotopic (exact) mass is 408 g/mol. The molecular formula is C25H32N2O3. The molecule has 0 saturated carbocycles. The van der Waals surface area contributed by atoms with Crippen LogP contribution in [-0.2, 0) is 9.53 Å². The first-order valence-electron chi connectivity index (χ1n) is 11.0. The van der Waals surface area contributed by atoms with E-state index in [0.29, 0.717) is 12.5 Å². The fourth-order valence-electron chi connectivity index (χ4n) is 4.68. The van der Waals surface area contributed by atoms with Gasteiger partial charge in [0, 0.05) is 44.6 Å². The minimum atomic E-state index is 0.0570. The molecule has 2 saturated heterocycles. The third kappa shape index (κ3) is 5.02. The average Bonchev–Trinajstić information content (AvgIpc) is 2.84. The minimum absolute atomic E-state index is 0.0570. The van der Waals surface area contributed by atoms with Crippen molar-refractivity contribution in [2.75, 3.05) is 46.5 Å². The van der Waals surface area contributed by atoms with Crippen molar-refractivity contribution in [1.82, 2.24) is 9.80 Å². The molecule has 2 fully saturated rings. The van der Waals surface area contributed by atoms with E-state index in [1.54, 1.807) is 7.11 Å². The summed E-state index contributed by atoms with van der Waals surface area (Å²) in [6, 6.07) is 19.0. The number of ether oxygens (including phenoxy) is 2. The summed E-state index contributed by atoms with van der Waals surface area (Å²) in [6.45, 7) is 5.41. The van der Waals surface area contributed by atoms with Crippen molar-refractivity contribution < 1.29 is 14.3 Å². The van der Waals surface area contributed by atoms with E-state index in [0.717, 1.165) is 63.5 Å². The topological polar surface area (TPSA) is 42.0 Å². The van der Waals surface area contributed by atoms with E-state index in [2.05, 4.69) is 34.1 Å². The summed E-state index contributed by atoms with van der Waals surface area (Å²) in [4.78, 5) is 17.8. The van der Waals surface area contributed by atoms with Gasteiger partial charge in [-0.1, -0.05) is 42.5 Å². The Morgan fingerprint density at radius 1 is 0.967 bits per heavy atom. The van der Waals surface area contributed by atoms with Gasteiger partial charge in [0.1, 0.15) is 5.75 Å². The van der Waals surface area contributed by atoms with Crippen molar-refractivity contribution in [1.29, 1.82) is 0 Å². The number of likely N-dealkylation sites (tertiary alicyclic amines) is 1. The van der Waals surface area contributed by atoms with Gasteiger partial charge in [-0.05, 0) is 36.1 Å². The van der Waals surface area contributed by atoms with Crippen LogP contribution in [0.5, 0.6) is 5.75 Å². The number of carbonyl (C=O) groups excluding carboxylic acids is 1. The number of morpholine rings is 1. The average molecular weight is 409 g/mol. The molecule has 0 aromatic heterocycles. The Kier molecular flexibility index (Phi) is 7.03. The highest BCUT2D eigenvalue weighted by Crippen LogP contribution is 2.30. The number of carbonyl (C=O) groups is 1. The predicted molar refractivity (Wildman–Crippen MR) is 118 cm³/mol. The molecule has 30 heavy (non-hydrogen) atoms. The number of amides is 1. The van der Waals surface area contributed by atoms with Gasteiger partial charge >= 0.3 is 0 Å². The molecule has 0 aliphatic carbocycles. The first-order valence-corrected chi connectivity index (χ1v) is 11.0. The van der Waals surface area contributed by atoms with E-state index in [-0.39, 0.29) is 11.8 Å². The van der Waals surface area contributed by atoms with Crippen molar-refractivity contribution in [2.24, 2.45) is 0 Å². The zero-order chi connectivity index (χ0) is 20.8. The standard InChI is InChI=1S/C25H32N2O3/c1-29-23-9-7-21(8-10-23)24(20-5-3-2-4-6-20)19-25(28)27-13-11-22(12-14-27)26-15-17-30-18-16-26/h2-10,22,24H,11-19H2,1H3/t24-/m1/s1. The molecule has 2 aliphatic heterocycles. The van der Waals surface area contributed by atoms with E-state index in [1.165, 1.54) is 5.56 Å². The quantitative estimate of drug-likeness (QED) is 0.733. The van der Waals surface area contributed by atoms with E-state index < -0.39 is 0 Å². The van der Waals surface area contributed by atoms with Gasteiger partial charge in [0.05, 0.1) is 20.3 Å². The zero-order valence-corrected chi connectivity index (χ0v) is 17.8. The van der Waals surface area contributed by atoms with Gasteiger partial charge in [-0.15, -0.1) is 0 Å². The molecule has 4 rings (SSSR count). The number of benzene rings is 2. The first kappa shape index (κ1) is 20.9. The summed E-state index contributed by atoms with van der Waals surface area (Å²) in [5, 5.41) is 0. The lowest BCUT2D eigenvalue weighted by Gasteiger charge is -2.40. The molecule has 2 heterocycles. The molecule has 5 nitrogen and oxygen atoms in total. The molecule has 0 radical (unpaired) electrons. The first-order chi connectivity index (χ1) is 14.7. The molecule has 0 N–H and O–H groups in total. The van der Waals surface area contributed by atoms with E-state index >= 15 is 0 Å². The molecule has 0 spiro atoms. The number of methoxy groups -OCH3 is 1. The molecule has 0 unspecified atom stereocenters. The van der Waals surface area contributed by atoms with Crippen LogP contribution in [0.3, 0.4) is 0 Å². The van der Waals surface area contributed by atoms with Crippen LogP contribution in [-0.4, -0.2) is 68.3 Å². The van der Waals surface area contributed by atoms with Gasteiger partial charge in [-0.3, -0.25) is 9.69 Å². The summed E-state index contributed by atoms with van der Waals surface area (Å²) in [6.07, 6.45) is 2.62. The van der Waals surface area contributed by atoms with Gasteiger partial charge in [0.15, 0.2) is 0 Å². The van der Waals surface area contributed by atoms with Crippen molar-refractivity contribution in [2.45, 2.75) is 31.2 Å². The minimum Gasteiger partial charge on any atom is -0.497 e. The maximum atomic E-state index is 13.2. The van der Waals surface area contributed by atoms with E-state index in [9.17, 15) is 4.79 Å². The Morgan fingerprint density at radius 3 is 2.23 bits per heavy atom. The summed E-state index contributed by atoms with van der Waals surface area (Å²) in [5.74, 6) is 1.14. The van der Waals surface area contributed by atoms with Gasteiger partial charge in [0.25, 0.3) is 0 Å². The van der Waals surface area contributed by atoms with Crippen LogP contribution in [0.15, 0.2) is 54.6 Å². The highest BCUT2D eigenvalue weighted by molar-refractivity contribution is 5.78. The second-order valence-electron chi connectivity index (χ2n) is 8.20. The van der Waals surface area contributed by atoms with E-state index in [4.69, 9.17) is 9.47 Å². The van der Waals surface area contributed by atoms with Crippen LogP contribution < -0.4 is 4.74 Å². The molecular weight excluding hydrogens is 376 g/mol. The van der Waals surface area contributed by atoms with Crippen LogP contribution in [0.4, 0.5) is 0 Å². The van der Waals surface area contributed by atoms with Gasteiger partial charge in [0.2, 0.25) is 5.91 Å². The number of rotatable bonds is 6. The van der Waals surface area contributed by atoms with Crippen molar-refractivity contribution >= 4 is 5.91 Å². The Labute approximate surface area is 179 Å². The van der Waals surface area contributed by atoms with Crippen LogP contribution >= 0.6 is 0 Å². The second-order valence-corrected chi connectivity index (χ2v) is 8.20. The summed E-state index contributed by atoms with van der Waals surface area (Å²) in [5.41, 5.74) is 2.33. The molecule has 1 amide bonds. The Balaban J connectivity index is 1.42. The van der Waals surface area contributed by atoms with Crippen LogP contribution in [0.1, 0.15) is 36.3 Å². The van der Waals surface area contributed by atoms with Crippen LogP contribution in [0.25, 0.3) is 0 Å². The highest BCUT2D eigenvalue weighted by Gasteiger charge is 2.29. The van der Waals surface area contributed by atoms with Crippen molar-refractivity contribution in [3.63, 3.8) is 0 Å². The Morgan fingerprint density at radius 2 is 1.60 bits per heavy atom. The molecule has 0 bridgehead atoms. The van der Waals surface area contributed by atoms with Gasteiger partial charge in [-0.25, -0.2) is 0 Å². The largest absolute Gasteiger partial charge is 0.497 e. The number of hydrogen-bond donors (Lipinski definition) is 0. The van der Waals surface area contributed by atoms with E-state index in [1.807, 2.05) is 30.3 Å². The predicted octanol–water partition coefficient (Wildman–Crippen LogP) is 3.54. The van der Waals surface area contributed by atoms with Crippen LogP contribution in [0, 0.1) is 0 Å². The second kappa shape index (κ2) is 10.1. The fraction of sp³-hybridized carbons (Fsp3) is 0.480. The highest BCUT2D eigenvalue weighted by atomic mass is 16.5. The Bertz CT molecular complexity index is 795. The SMILES string of the molecule is COc1ccc([C@H](CC(=O)N2CCC(N3CCOCC3)CC2)c2ccccc2)cc1. The summed E-state index contributed by atoms with van der Waals surface area (Å²) < 4.78 is 10.8. The van der Waals surface area contributed by atoms with Gasteiger partial charge < -0.3 is 14.4 Å². The molecule has 5 heteroatoms.